The maximum absolute atomic E-state index is 11.9. The second-order valence-corrected chi connectivity index (χ2v) is 4.69. The number of ether oxygens (including phenoxy) is 1. The number of hydrogen-bond acceptors (Lipinski definition) is 3. The Labute approximate surface area is 95.2 Å². The number of hydrogen-bond donors (Lipinski definition) is 2. The molecule has 0 aromatic rings. The van der Waals surface area contributed by atoms with Crippen LogP contribution in [0.3, 0.4) is 0 Å². The molecule has 16 heavy (non-hydrogen) atoms. The van der Waals surface area contributed by atoms with Crippen LogP contribution in [0.2, 0.25) is 0 Å². The molecule has 0 bridgehead atoms. The number of carboxylic acid groups (broad SMARTS) is 1. The van der Waals surface area contributed by atoms with Gasteiger partial charge < -0.3 is 15.2 Å². The summed E-state index contributed by atoms with van der Waals surface area (Å²) in [5.74, 6) is -1.02. The van der Waals surface area contributed by atoms with Crippen LogP contribution >= 0.6 is 0 Å². The maximum Gasteiger partial charge on any atom is 0.305 e. The molecule has 0 saturated carbocycles. The standard InChI is InChI=1S/C11H19NO4/c1-8(6-9(13)14)12-10(15)11(2)4-3-5-16-7-11/h8H,3-7H2,1-2H3,(H,12,15)(H,13,14). The summed E-state index contributed by atoms with van der Waals surface area (Å²) < 4.78 is 5.29. The molecule has 2 atom stereocenters. The summed E-state index contributed by atoms with van der Waals surface area (Å²) in [6.07, 6.45) is 1.61. The molecule has 2 unspecified atom stereocenters. The first kappa shape index (κ1) is 13.0. The van der Waals surface area contributed by atoms with E-state index in [9.17, 15) is 9.59 Å². The lowest BCUT2D eigenvalue weighted by atomic mass is 9.83. The van der Waals surface area contributed by atoms with Crippen molar-refractivity contribution in [3.63, 3.8) is 0 Å². The fourth-order valence-corrected chi connectivity index (χ4v) is 1.82. The molecule has 1 aliphatic rings. The van der Waals surface area contributed by atoms with Gasteiger partial charge in [0.05, 0.1) is 18.4 Å². The smallest absolute Gasteiger partial charge is 0.305 e. The topological polar surface area (TPSA) is 75.6 Å². The van der Waals surface area contributed by atoms with Crippen molar-refractivity contribution in [3.05, 3.63) is 0 Å². The lowest BCUT2D eigenvalue weighted by Gasteiger charge is -2.32. The minimum absolute atomic E-state index is 0.0529. The van der Waals surface area contributed by atoms with Gasteiger partial charge in [-0.3, -0.25) is 9.59 Å². The number of aliphatic carboxylic acids is 1. The fraction of sp³-hybridized carbons (Fsp3) is 0.818. The van der Waals surface area contributed by atoms with E-state index < -0.39 is 11.4 Å². The number of amides is 1. The number of carboxylic acids is 1. The molecule has 2 N–H and O–H groups in total. The normalized spacial score (nSPS) is 27.1. The molecule has 1 aliphatic heterocycles. The Morgan fingerprint density at radius 3 is 2.75 bits per heavy atom. The van der Waals surface area contributed by atoms with E-state index in [1.165, 1.54) is 0 Å². The Balaban J connectivity index is 2.47. The fourth-order valence-electron chi connectivity index (χ4n) is 1.82. The van der Waals surface area contributed by atoms with Crippen LogP contribution in [0.25, 0.3) is 0 Å². The van der Waals surface area contributed by atoms with Crippen LogP contribution < -0.4 is 5.32 Å². The van der Waals surface area contributed by atoms with E-state index in [2.05, 4.69) is 5.32 Å². The number of rotatable bonds is 4. The van der Waals surface area contributed by atoms with Gasteiger partial charge in [-0.1, -0.05) is 0 Å². The molecule has 1 saturated heterocycles. The lowest BCUT2D eigenvalue weighted by Crippen LogP contribution is -2.47. The summed E-state index contributed by atoms with van der Waals surface area (Å²) in [5.41, 5.74) is -0.509. The van der Waals surface area contributed by atoms with Crippen molar-refractivity contribution < 1.29 is 19.4 Å². The molecule has 1 rings (SSSR count). The van der Waals surface area contributed by atoms with Crippen LogP contribution in [-0.2, 0) is 14.3 Å². The highest BCUT2D eigenvalue weighted by atomic mass is 16.5. The largest absolute Gasteiger partial charge is 0.481 e. The van der Waals surface area contributed by atoms with Crippen molar-refractivity contribution in [2.75, 3.05) is 13.2 Å². The first-order valence-corrected chi connectivity index (χ1v) is 5.54. The van der Waals surface area contributed by atoms with Gasteiger partial charge in [0, 0.05) is 12.6 Å². The highest BCUT2D eigenvalue weighted by molar-refractivity contribution is 5.83. The first-order chi connectivity index (χ1) is 7.44. The average Bonchev–Trinajstić information content (AvgIpc) is 2.17. The van der Waals surface area contributed by atoms with Crippen LogP contribution in [0.5, 0.6) is 0 Å². The number of nitrogens with one attached hydrogen (secondary N) is 1. The van der Waals surface area contributed by atoms with Gasteiger partial charge in [0.2, 0.25) is 5.91 Å². The van der Waals surface area contributed by atoms with Gasteiger partial charge in [-0.2, -0.15) is 0 Å². The molecular formula is C11H19NO4. The predicted molar refractivity (Wildman–Crippen MR) is 58.0 cm³/mol. The SMILES string of the molecule is CC(CC(=O)O)NC(=O)C1(C)CCCOC1. The second kappa shape index (κ2) is 5.30. The Hall–Kier alpha value is -1.10. The molecule has 1 fully saturated rings. The summed E-state index contributed by atoms with van der Waals surface area (Å²) in [6.45, 7) is 4.67. The van der Waals surface area contributed by atoms with Crippen molar-refractivity contribution in [1.82, 2.24) is 5.32 Å². The summed E-state index contributed by atoms with van der Waals surface area (Å²) in [5, 5.41) is 11.3. The van der Waals surface area contributed by atoms with Crippen molar-refractivity contribution in [1.29, 1.82) is 0 Å². The summed E-state index contributed by atoms with van der Waals surface area (Å²) in [4.78, 5) is 22.4. The molecule has 92 valence electrons. The van der Waals surface area contributed by atoms with Gasteiger partial charge >= 0.3 is 5.97 Å². The minimum atomic E-state index is -0.905. The van der Waals surface area contributed by atoms with E-state index in [0.29, 0.717) is 13.2 Å². The second-order valence-electron chi connectivity index (χ2n) is 4.69. The molecule has 0 aliphatic carbocycles. The van der Waals surface area contributed by atoms with E-state index in [0.717, 1.165) is 12.8 Å². The molecule has 0 aromatic heterocycles. The predicted octanol–water partition coefficient (Wildman–Crippen LogP) is 0.782. The van der Waals surface area contributed by atoms with E-state index in [1.807, 2.05) is 6.92 Å². The van der Waals surface area contributed by atoms with E-state index in [1.54, 1.807) is 6.92 Å². The Bertz CT molecular complexity index is 271. The molecule has 0 radical (unpaired) electrons. The van der Waals surface area contributed by atoms with E-state index in [4.69, 9.17) is 9.84 Å². The molecule has 1 amide bonds. The van der Waals surface area contributed by atoms with Crippen molar-refractivity contribution in [3.8, 4) is 0 Å². The van der Waals surface area contributed by atoms with Gasteiger partial charge in [-0.05, 0) is 26.7 Å². The molecular weight excluding hydrogens is 210 g/mol. The van der Waals surface area contributed by atoms with Crippen molar-refractivity contribution in [2.24, 2.45) is 5.41 Å². The number of carbonyl (C=O) groups excluding carboxylic acids is 1. The quantitative estimate of drug-likeness (QED) is 0.747. The van der Waals surface area contributed by atoms with Gasteiger partial charge in [0.1, 0.15) is 0 Å². The highest BCUT2D eigenvalue weighted by Gasteiger charge is 2.36. The summed E-state index contributed by atoms with van der Waals surface area (Å²) in [6, 6.07) is -0.344. The Kier molecular flexibility index (Phi) is 4.29. The Morgan fingerprint density at radius 1 is 1.56 bits per heavy atom. The zero-order valence-corrected chi connectivity index (χ0v) is 9.78. The minimum Gasteiger partial charge on any atom is -0.481 e. The number of carbonyl (C=O) groups is 2. The van der Waals surface area contributed by atoms with Crippen molar-refractivity contribution in [2.45, 2.75) is 39.2 Å². The Morgan fingerprint density at radius 2 is 2.25 bits per heavy atom. The lowest BCUT2D eigenvalue weighted by molar-refractivity contribution is -0.140. The summed E-state index contributed by atoms with van der Waals surface area (Å²) in [7, 11) is 0. The van der Waals surface area contributed by atoms with Crippen molar-refractivity contribution >= 4 is 11.9 Å². The third-order valence-corrected chi connectivity index (χ3v) is 2.84. The molecule has 0 aromatic carbocycles. The molecule has 5 heteroatoms. The van der Waals surface area contributed by atoms with E-state index >= 15 is 0 Å². The van der Waals surface area contributed by atoms with Crippen LogP contribution in [0, 0.1) is 5.41 Å². The van der Waals surface area contributed by atoms with Crippen LogP contribution in [0.15, 0.2) is 0 Å². The van der Waals surface area contributed by atoms with Gasteiger partial charge in [0.15, 0.2) is 0 Å². The van der Waals surface area contributed by atoms with Crippen LogP contribution in [-0.4, -0.2) is 36.2 Å². The first-order valence-electron chi connectivity index (χ1n) is 5.54. The third-order valence-electron chi connectivity index (χ3n) is 2.84. The highest BCUT2D eigenvalue weighted by Crippen LogP contribution is 2.28. The monoisotopic (exact) mass is 229 g/mol. The van der Waals surface area contributed by atoms with Gasteiger partial charge in [-0.15, -0.1) is 0 Å². The zero-order chi connectivity index (χ0) is 12.2. The summed E-state index contributed by atoms with van der Waals surface area (Å²) >= 11 is 0. The van der Waals surface area contributed by atoms with E-state index in [-0.39, 0.29) is 18.4 Å². The molecule has 5 nitrogen and oxygen atoms in total. The molecule has 0 spiro atoms. The average molecular weight is 229 g/mol. The zero-order valence-electron chi connectivity index (χ0n) is 9.78. The molecule has 1 heterocycles. The van der Waals surface area contributed by atoms with Gasteiger partial charge in [-0.25, -0.2) is 0 Å². The van der Waals surface area contributed by atoms with Crippen LogP contribution in [0.4, 0.5) is 0 Å². The third kappa shape index (κ3) is 3.48. The van der Waals surface area contributed by atoms with Crippen LogP contribution in [0.1, 0.15) is 33.1 Å². The van der Waals surface area contributed by atoms with Gasteiger partial charge in [0.25, 0.3) is 0 Å². The maximum atomic E-state index is 11.9.